The summed E-state index contributed by atoms with van der Waals surface area (Å²) in [4.78, 5) is 24.8. The molecular formula is C16H16ClN3O5S2. The molecule has 2 aromatic rings. The molecule has 0 radical (unpaired) electrons. The first kappa shape index (κ1) is 19.7. The van der Waals surface area contributed by atoms with Crippen LogP contribution >= 0.6 is 22.9 Å². The van der Waals surface area contributed by atoms with Gasteiger partial charge in [-0.15, -0.1) is 11.3 Å². The number of nitrogens with zero attached hydrogens (tertiary/aromatic N) is 3. The topological polar surface area (TPSA) is 101 Å². The van der Waals surface area contributed by atoms with Gasteiger partial charge in [-0.3, -0.25) is 14.9 Å². The van der Waals surface area contributed by atoms with Crippen LogP contribution in [0.25, 0.3) is 0 Å². The summed E-state index contributed by atoms with van der Waals surface area (Å²) in [5, 5.41) is 11.0. The van der Waals surface area contributed by atoms with Gasteiger partial charge in [-0.1, -0.05) is 17.7 Å². The van der Waals surface area contributed by atoms with E-state index in [4.69, 9.17) is 11.6 Å². The van der Waals surface area contributed by atoms with Gasteiger partial charge in [-0.25, -0.2) is 8.42 Å². The number of hydrogen-bond acceptors (Lipinski definition) is 6. The van der Waals surface area contributed by atoms with Gasteiger partial charge in [-0.05, 0) is 24.6 Å². The van der Waals surface area contributed by atoms with E-state index in [2.05, 4.69) is 0 Å². The Kier molecular flexibility index (Phi) is 5.52. The molecule has 0 spiro atoms. The number of halogens is 1. The van der Waals surface area contributed by atoms with Crippen molar-refractivity contribution >= 4 is 44.6 Å². The summed E-state index contributed by atoms with van der Waals surface area (Å²) >= 11 is 7.03. The smallest absolute Gasteiger partial charge is 0.270 e. The lowest BCUT2D eigenvalue weighted by molar-refractivity contribution is -0.385. The zero-order valence-electron chi connectivity index (χ0n) is 14.3. The van der Waals surface area contributed by atoms with Crippen molar-refractivity contribution < 1.29 is 18.1 Å². The van der Waals surface area contributed by atoms with E-state index in [0.29, 0.717) is 14.8 Å². The molecule has 1 amide bonds. The molecular weight excluding hydrogens is 414 g/mol. The minimum absolute atomic E-state index is 0.0819. The van der Waals surface area contributed by atoms with Crippen LogP contribution in [0.2, 0.25) is 4.34 Å². The second kappa shape index (κ2) is 7.55. The summed E-state index contributed by atoms with van der Waals surface area (Å²) < 4.78 is 27.6. The number of thiophene rings is 1. The number of sulfonamides is 1. The Hall–Kier alpha value is -2.01. The summed E-state index contributed by atoms with van der Waals surface area (Å²) in [6.07, 6.45) is 0. The summed E-state index contributed by atoms with van der Waals surface area (Å²) in [6.45, 7) is 2.31. The molecule has 0 unspecified atom stereocenters. The first-order valence-corrected chi connectivity index (χ1v) is 10.6. The van der Waals surface area contributed by atoms with Crippen molar-refractivity contribution in [3.8, 4) is 0 Å². The van der Waals surface area contributed by atoms with Crippen LogP contribution in [0.15, 0.2) is 35.2 Å². The molecule has 1 saturated heterocycles. The number of carbonyl (C=O) groups is 1. The van der Waals surface area contributed by atoms with Crippen molar-refractivity contribution in [2.75, 3.05) is 26.2 Å². The van der Waals surface area contributed by atoms with Gasteiger partial charge in [0, 0.05) is 38.3 Å². The highest BCUT2D eigenvalue weighted by Crippen LogP contribution is 2.27. The van der Waals surface area contributed by atoms with Gasteiger partial charge < -0.3 is 4.90 Å². The number of carbonyl (C=O) groups excluding carboxylic acids is 1. The minimum Gasteiger partial charge on any atom is -0.335 e. The predicted molar refractivity (Wildman–Crippen MR) is 102 cm³/mol. The number of aryl methyl sites for hydroxylation is 1. The summed E-state index contributed by atoms with van der Waals surface area (Å²) in [7, 11) is -3.89. The fourth-order valence-electron chi connectivity index (χ4n) is 2.84. The van der Waals surface area contributed by atoms with Gasteiger partial charge >= 0.3 is 0 Å². The standard InChI is InChI=1S/C16H16ClN3O5S2/c1-11-2-3-12(20(22)23)10-14(11)27(24,25)19-8-6-18(7-9-19)16(21)13-4-5-15(17)26-13/h2-5,10H,6-9H2,1H3. The Balaban J connectivity index is 1.76. The number of nitro benzene ring substituents is 1. The van der Waals surface area contributed by atoms with Crippen LogP contribution < -0.4 is 0 Å². The average Bonchev–Trinajstić information content (AvgIpc) is 3.07. The van der Waals surface area contributed by atoms with Crippen LogP contribution in [0, 0.1) is 17.0 Å². The molecule has 2 heterocycles. The van der Waals surface area contributed by atoms with E-state index in [9.17, 15) is 23.3 Å². The molecule has 0 aliphatic carbocycles. The molecule has 27 heavy (non-hydrogen) atoms. The van der Waals surface area contributed by atoms with Gasteiger partial charge in [0.1, 0.15) is 0 Å². The molecule has 1 fully saturated rings. The highest BCUT2D eigenvalue weighted by molar-refractivity contribution is 7.89. The maximum Gasteiger partial charge on any atom is 0.270 e. The maximum absolute atomic E-state index is 12.9. The molecule has 0 N–H and O–H groups in total. The lowest BCUT2D eigenvalue weighted by Crippen LogP contribution is -2.50. The van der Waals surface area contributed by atoms with Crippen LogP contribution in [-0.4, -0.2) is 54.6 Å². The third kappa shape index (κ3) is 3.98. The number of rotatable bonds is 4. The van der Waals surface area contributed by atoms with Gasteiger partial charge in [0.2, 0.25) is 10.0 Å². The third-order valence-corrected chi connectivity index (χ3v) is 7.57. The van der Waals surface area contributed by atoms with E-state index in [1.165, 1.54) is 27.8 Å². The molecule has 3 rings (SSSR count). The molecule has 1 aromatic heterocycles. The fraction of sp³-hybridized carbons (Fsp3) is 0.312. The fourth-order valence-corrected chi connectivity index (χ4v) is 5.51. The van der Waals surface area contributed by atoms with Crippen LogP contribution in [0.1, 0.15) is 15.2 Å². The highest BCUT2D eigenvalue weighted by atomic mass is 35.5. The summed E-state index contributed by atoms with van der Waals surface area (Å²) in [6, 6.07) is 7.06. The lowest BCUT2D eigenvalue weighted by atomic mass is 10.2. The van der Waals surface area contributed by atoms with Gasteiger partial charge in [-0.2, -0.15) is 4.31 Å². The quantitative estimate of drug-likeness (QED) is 0.549. The van der Waals surface area contributed by atoms with Gasteiger partial charge in [0.05, 0.1) is 19.0 Å². The van der Waals surface area contributed by atoms with Crippen molar-refractivity contribution in [3.63, 3.8) is 0 Å². The highest BCUT2D eigenvalue weighted by Gasteiger charge is 2.32. The predicted octanol–water partition coefficient (Wildman–Crippen LogP) is 2.76. The molecule has 8 nitrogen and oxygen atoms in total. The largest absolute Gasteiger partial charge is 0.335 e. The molecule has 0 bridgehead atoms. The molecule has 1 aromatic carbocycles. The van der Waals surface area contributed by atoms with E-state index in [-0.39, 0.29) is 42.7 Å². The summed E-state index contributed by atoms with van der Waals surface area (Å²) in [5.41, 5.74) is 0.162. The SMILES string of the molecule is Cc1ccc([N+](=O)[O-])cc1S(=O)(=O)N1CCN(C(=O)c2ccc(Cl)s2)CC1. The molecule has 0 saturated carbocycles. The number of piperazine rings is 1. The third-order valence-electron chi connectivity index (χ3n) is 4.31. The van der Waals surface area contributed by atoms with Gasteiger partial charge in [0.15, 0.2) is 0 Å². The van der Waals surface area contributed by atoms with Crippen LogP contribution in [0.5, 0.6) is 0 Å². The van der Waals surface area contributed by atoms with E-state index in [1.807, 2.05) is 0 Å². The number of benzene rings is 1. The van der Waals surface area contributed by atoms with Crippen molar-refractivity contribution in [2.45, 2.75) is 11.8 Å². The van der Waals surface area contributed by atoms with E-state index >= 15 is 0 Å². The first-order chi connectivity index (χ1) is 12.7. The zero-order chi connectivity index (χ0) is 19.8. The maximum atomic E-state index is 12.9. The Labute approximate surface area is 165 Å². The Morgan fingerprint density at radius 3 is 2.41 bits per heavy atom. The zero-order valence-corrected chi connectivity index (χ0v) is 16.7. The second-order valence-electron chi connectivity index (χ2n) is 6.01. The Morgan fingerprint density at radius 2 is 1.85 bits per heavy atom. The second-order valence-corrected chi connectivity index (χ2v) is 9.63. The molecule has 1 aliphatic rings. The van der Waals surface area contributed by atoms with Crippen LogP contribution in [0.4, 0.5) is 5.69 Å². The normalized spacial score (nSPS) is 15.7. The number of amides is 1. The number of non-ortho nitro benzene ring substituents is 1. The number of nitro groups is 1. The average molecular weight is 430 g/mol. The Bertz CT molecular complexity index is 997. The first-order valence-electron chi connectivity index (χ1n) is 8.00. The molecule has 0 atom stereocenters. The lowest BCUT2D eigenvalue weighted by Gasteiger charge is -2.34. The molecule has 1 aliphatic heterocycles. The molecule has 11 heteroatoms. The van der Waals surface area contributed by atoms with Crippen molar-refractivity contribution in [1.82, 2.24) is 9.21 Å². The van der Waals surface area contributed by atoms with Crippen molar-refractivity contribution in [2.24, 2.45) is 0 Å². The monoisotopic (exact) mass is 429 g/mol. The summed E-state index contributed by atoms with van der Waals surface area (Å²) in [5.74, 6) is -0.185. The van der Waals surface area contributed by atoms with E-state index in [0.717, 1.165) is 6.07 Å². The van der Waals surface area contributed by atoms with Crippen LogP contribution in [0.3, 0.4) is 0 Å². The Morgan fingerprint density at radius 1 is 1.19 bits per heavy atom. The number of hydrogen-bond donors (Lipinski definition) is 0. The van der Waals surface area contributed by atoms with Crippen LogP contribution in [-0.2, 0) is 10.0 Å². The minimum atomic E-state index is -3.89. The van der Waals surface area contributed by atoms with E-state index < -0.39 is 14.9 Å². The molecule has 144 valence electrons. The van der Waals surface area contributed by atoms with Crippen molar-refractivity contribution in [1.29, 1.82) is 0 Å². The van der Waals surface area contributed by atoms with E-state index in [1.54, 1.807) is 24.0 Å². The van der Waals surface area contributed by atoms with Crippen molar-refractivity contribution in [3.05, 3.63) is 55.2 Å². The van der Waals surface area contributed by atoms with Gasteiger partial charge in [0.25, 0.3) is 11.6 Å².